The summed E-state index contributed by atoms with van der Waals surface area (Å²) < 4.78 is 45.6. The molecule has 0 aliphatic carbocycles. The molecule has 0 N–H and O–H groups in total. The van der Waals surface area contributed by atoms with Gasteiger partial charge in [0.25, 0.3) is 6.43 Å². The Morgan fingerprint density at radius 1 is 1.43 bits per heavy atom. The zero-order valence-corrected chi connectivity index (χ0v) is 11.3. The lowest BCUT2D eigenvalue weighted by Crippen LogP contribution is -2.48. The van der Waals surface area contributed by atoms with Crippen LogP contribution in [0.3, 0.4) is 0 Å². The monoisotopic (exact) mass is 301 g/mol. The second-order valence-electron chi connectivity index (χ2n) is 5.23. The number of hydroxylamine groups is 2. The molecule has 1 aromatic carbocycles. The normalized spacial score (nSPS) is 31.8. The van der Waals surface area contributed by atoms with Crippen LogP contribution >= 0.6 is 0 Å². The molecule has 21 heavy (non-hydrogen) atoms. The van der Waals surface area contributed by atoms with Crippen molar-refractivity contribution in [3.63, 3.8) is 0 Å². The third kappa shape index (κ3) is 1.95. The zero-order valence-electron chi connectivity index (χ0n) is 11.3. The van der Waals surface area contributed by atoms with Gasteiger partial charge < -0.3 is 4.74 Å². The lowest BCUT2D eigenvalue weighted by molar-refractivity contribution is -0.194. The van der Waals surface area contributed by atoms with Crippen molar-refractivity contribution >= 4 is 5.91 Å². The van der Waals surface area contributed by atoms with E-state index in [-0.39, 0.29) is 18.8 Å². The number of carbonyl (C=O) groups excluding carboxylic acids is 1. The Bertz CT molecular complexity index is 568. The minimum absolute atomic E-state index is 0.108. The highest BCUT2D eigenvalue weighted by Gasteiger charge is 2.63. The number of carbonyl (C=O) groups is 1. The van der Waals surface area contributed by atoms with Crippen molar-refractivity contribution in [2.24, 2.45) is 5.92 Å². The zero-order chi connectivity index (χ0) is 15.2. The summed E-state index contributed by atoms with van der Waals surface area (Å²) in [6, 6.07) is 5.80. The fourth-order valence-electron chi connectivity index (χ4n) is 3.25. The molecule has 0 radical (unpaired) electrons. The largest absolute Gasteiger partial charge is 0.369 e. The van der Waals surface area contributed by atoms with E-state index in [0.29, 0.717) is 0 Å². The maximum atomic E-state index is 14.2. The van der Waals surface area contributed by atoms with Gasteiger partial charge in [0.1, 0.15) is 17.5 Å². The highest BCUT2D eigenvalue weighted by atomic mass is 19.3. The number of ether oxygens (including phenoxy) is 1. The lowest BCUT2D eigenvalue weighted by Gasteiger charge is -2.34. The summed E-state index contributed by atoms with van der Waals surface area (Å²) in [4.78, 5) is 17.1. The fourth-order valence-corrected chi connectivity index (χ4v) is 3.25. The Balaban J connectivity index is 2.13. The predicted molar refractivity (Wildman–Crippen MR) is 65.8 cm³/mol. The molecule has 4 nitrogen and oxygen atoms in total. The van der Waals surface area contributed by atoms with Crippen LogP contribution < -0.4 is 0 Å². The quantitative estimate of drug-likeness (QED) is 0.839. The number of rotatable bonds is 2. The van der Waals surface area contributed by atoms with Crippen LogP contribution in [0.4, 0.5) is 13.2 Å². The lowest BCUT2D eigenvalue weighted by atomic mass is 9.78. The van der Waals surface area contributed by atoms with Crippen LogP contribution in [0.2, 0.25) is 0 Å². The number of alkyl halides is 2. The first-order valence-corrected chi connectivity index (χ1v) is 6.57. The van der Waals surface area contributed by atoms with Gasteiger partial charge in [-0.1, -0.05) is 18.2 Å². The average Bonchev–Trinajstić information content (AvgIpc) is 2.95. The standard InChI is InChI=1S/C14H14F3NO3/c1-8(19)18-14(9-4-2-3-5-11(9)15)7-20-12(13(16)17)10(14)6-21-18/h2-5,10,12-13H,6-7H2,1H3/t10-,12+,14-/m1/s1. The van der Waals surface area contributed by atoms with Crippen LogP contribution in [0.25, 0.3) is 0 Å². The van der Waals surface area contributed by atoms with Gasteiger partial charge in [-0.05, 0) is 6.07 Å². The van der Waals surface area contributed by atoms with E-state index in [4.69, 9.17) is 9.57 Å². The molecule has 7 heteroatoms. The van der Waals surface area contributed by atoms with E-state index < -0.39 is 35.7 Å². The fraction of sp³-hybridized carbons (Fsp3) is 0.500. The topological polar surface area (TPSA) is 38.8 Å². The van der Waals surface area contributed by atoms with Crippen molar-refractivity contribution < 1.29 is 27.5 Å². The van der Waals surface area contributed by atoms with E-state index >= 15 is 0 Å². The molecular formula is C14H14F3NO3. The number of fused-ring (bicyclic) bond motifs is 1. The Morgan fingerprint density at radius 3 is 2.76 bits per heavy atom. The van der Waals surface area contributed by atoms with Gasteiger partial charge in [0.05, 0.1) is 13.2 Å². The molecule has 3 atom stereocenters. The van der Waals surface area contributed by atoms with Gasteiger partial charge in [0.2, 0.25) is 5.91 Å². The first-order chi connectivity index (χ1) is 9.98. The molecule has 114 valence electrons. The van der Waals surface area contributed by atoms with E-state index in [0.717, 1.165) is 5.06 Å². The third-order valence-corrected chi connectivity index (χ3v) is 4.13. The first kappa shape index (κ1) is 14.3. The van der Waals surface area contributed by atoms with Crippen LogP contribution in [0.15, 0.2) is 24.3 Å². The minimum atomic E-state index is -2.72. The van der Waals surface area contributed by atoms with E-state index in [1.54, 1.807) is 6.07 Å². The molecule has 2 aliphatic rings. The maximum Gasteiger partial charge on any atom is 0.264 e. The number of benzene rings is 1. The third-order valence-electron chi connectivity index (χ3n) is 4.13. The van der Waals surface area contributed by atoms with Crippen LogP contribution in [0.1, 0.15) is 12.5 Å². The smallest absolute Gasteiger partial charge is 0.264 e. The highest BCUT2D eigenvalue weighted by Crippen LogP contribution is 2.50. The Labute approximate surface area is 119 Å². The molecule has 1 aromatic rings. The summed E-state index contributed by atoms with van der Waals surface area (Å²) in [6.45, 7) is 0.927. The van der Waals surface area contributed by atoms with Gasteiger partial charge in [-0.2, -0.15) is 0 Å². The summed E-state index contributed by atoms with van der Waals surface area (Å²) in [5.74, 6) is -1.85. The van der Waals surface area contributed by atoms with Crippen LogP contribution in [-0.2, 0) is 19.9 Å². The van der Waals surface area contributed by atoms with E-state index in [2.05, 4.69) is 0 Å². The van der Waals surface area contributed by atoms with Gasteiger partial charge >= 0.3 is 0 Å². The minimum Gasteiger partial charge on any atom is -0.369 e. The Kier molecular flexibility index (Phi) is 3.41. The molecule has 2 aliphatic heterocycles. The van der Waals surface area contributed by atoms with Gasteiger partial charge in [0.15, 0.2) is 0 Å². The molecule has 3 rings (SSSR count). The SMILES string of the molecule is CC(=O)N1OC[C@@H]2[C@@H](C(F)F)OC[C@@]21c1ccccc1F. The van der Waals surface area contributed by atoms with Gasteiger partial charge in [-0.15, -0.1) is 0 Å². The number of hydrogen-bond donors (Lipinski definition) is 0. The number of halogens is 3. The second kappa shape index (κ2) is 4.99. The summed E-state index contributed by atoms with van der Waals surface area (Å²) >= 11 is 0. The molecule has 0 unspecified atom stereocenters. The Morgan fingerprint density at radius 2 is 2.14 bits per heavy atom. The summed E-state index contributed by atoms with van der Waals surface area (Å²) in [7, 11) is 0. The summed E-state index contributed by atoms with van der Waals surface area (Å²) in [5.41, 5.74) is -1.19. The van der Waals surface area contributed by atoms with E-state index in [1.165, 1.54) is 25.1 Å². The molecule has 2 saturated heterocycles. The van der Waals surface area contributed by atoms with Crippen LogP contribution in [0.5, 0.6) is 0 Å². The molecule has 2 fully saturated rings. The van der Waals surface area contributed by atoms with Crippen molar-refractivity contribution in [2.45, 2.75) is 25.0 Å². The van der Waals surface area contributed by atoms with Crippen molar-refractivity contribution in [1.82, 2.24) is 5.06 Å². The molecule has 0 aromatic heterocycles. The predicted octanol–water partition coefficient (Wildman–Crippen LogP) is 2.09. The van der Waals surface area contributed by atoms with Gasteiger partial charge in [-0.3, -0.25) is 9.63 Å². The molecule has 1 amide bonds. The second-order valence-corrected chi connectivity index (χ2v) is 5.23. The van der Waals surface area contributed by atoms with Crippen molar-refractivity contribution in [2.75, 3.05) is 13.2 Å². The Hall–Kier alpha value is -1.60. The number of hydrogen-bond acceptors (Lipinski definition) is 3. The molecule has 0 spiro atoms. The van der Waals surface area contributed by atoms with Crippen LogP contribution in [-0.4, -0.2) is 36.7 Å². The molecule has 0 saturated carbocycles. The van der Waals surface area contributed by atoms with E-state index in [9.17, 15) is 18.0 Å². The summed E-state index contributed by atoms with van der Waals surface area (Å²) in [5, 5.41) is 0.985. The van der Waals surface area contributed by atoms with E-state index in [1.807, 2.05) is 0 Å². The van der Waals surface area contributed by atoms with Gasteiger partial charge in [0, 0.05) is 18.4 Å². The average molecular weight is 301 g/mol. The highest BCUT2D eigenvalue weighted by molar-refractivity contribution is 5.74. The molecular weight excluding hydrogens is 287 g/mol. The van der Waals surface area contributed by atoms with Gasteiger partial charge in [-0.25, -0.2) is 18.2 Å². The number of amides is 1. The van der Waals surface area contributed by atoms with Crippen molar-refractivity contribution in [1.29, 1.82) is 0 Å². The number of nitrogens with zero attached hydrogens (tertiary/aromatic N) is 1. The first-order valence-electron chi connectivity index (χ1n) is 6.57. The molecule has 2 heterocycles. The van der Waals surface area contributed by atoms with Crippen molar-refractivity contribution in [3.8, 4) is 0 Å². The maximum absolute atomic E-state index is 14.2. The molecule has 0 bridgehead atoms. The van der Waals surface area contributed by atoms with Crippen LogP contribution in [0, 0.1) is 11.7 Å². The van der Waals surface area contributed by atoms with Crippen molar-refractivity contribution in [3.05, 3.63) is 35.6 Å². The summed E-state index contributed by atoms with van der Waals surface area (Å²) in [6.07, 6.45) is -4.10.